The number of ether oxygens (including phenoxy) is 1. The van der Waals surface area contributed by atoms with E-state index >= 15 is 0 Å². The summed E-state index contributed by atoms with van der Waals surface area (Å²) in [5.74, 6) is 0.518. The number of carbonyl (C=O) groups excluding carboxylic acids is 1. The molecule has 3 aromatic carbocycles. The molecule has 2 saturated heterocycles. The highest BCUT2D eigenvalue weighted by Gasteiger charge is 2.49. The van der Waals surface area contributed by atoms with Crippen molar-refractivity contribution in [2.45, 2.75) is 63.1 Å². The van der Waals surface area contributed by atoms with Gasteiger partial charge in [-0.3, -0.25) is 14.5 Å². The van der Waals surface area contributed by atoms with E-state index < -0.39 is 16.9 Å². The fraction of sp³-hybridized carbons (Fsp3) is 0.412. The number of nitrogens with one attached hydrogen (secondary N) is 1. The van der Waals surface area contributed by atoms with Crippen LogP contribution in [0.4, 0.5) is 0 Å². The van der Waals surface area contributed by atoms with Crippen LogP contribution < -0.4 is 10.1 Å². The quantitative estimate of drug-likeness (QED) is 0.313. The molecule has 0 unspecified atom stereocenters. The Bertz CT molecular complexity index is 1380. The van der Waals surface area contributed by atoms with Gasteiger partial charge >= 0.3 is 5.97 Å². The van der Waals surface area contributed by atoms with Crippen LogP contribution in [0.15, 0.2) is 78.9 Å². The Balaban J connectivity index is 1.46. The van der Waals surface area contributed by atoms with E-state index in [0.717, 1.165) is 37.1 Å². The van der Waals surface area contributed by atoms with Gasteiger partial charge in [0.05, 0.1) is 10.4 Å². The first-order valence-electron chi connectivity index (χ1n) is 14.8. The highest BCUT2D eigenvalue weighted by atomic mass is 35.5. The molecule has 2 N–H and O–H groups in total. The fourth-order valence-corrected chi connectivity index (χ4v) is 6.46. The molecule has 0 saturated carbocycles. The van der Waals surface area contributed by atoms with E-state index in [1.54, 1.807) is 19.9 Å². The first-order valence-corrected chi connectivity index (χ1v) is 15.2. The Labute approximate surface area is 253 Å². The van der Waals surface area contributed by atoms with Gasteiger partial charge in [0.2, 0.25) is 5.91 Å². The number of hydrogen-bond acceptors (Lipinski definition) is 5. The first-order chi connectivity index (χ1) is 20.2. The summed E-state index contributed by atoms with van der Waals surface area (Å²) in [4.78, 5) is 31.1. The summed E-state index contributed by atoms with van der Waals surface area (Å²) in [5.41, 5.74) is 0.252. The number of nitrogens with zero attached hydrogens (tertiary/aromatic N) is 2. The van der Waals surface area contributed by atoms with E-state index in [1.807, 2.05) is 65.6 Å². The van der Waals surface area contributed by atoms with Crippen LogP contribution in [0.25, 0.3) is 0 Å². The van der Waals surface area contributed by atoms with Crippen LogP contribution in [0.1, 0.15) is 50.7 Å². The van der Waals surface area contributed by atoms with Gasteiger partial charge in [0.15, 0.2) is 0 Å². The molecule has 0 atom stereocenters. The third kappa shape index (κ3) is 6.33. The van der Waals surface area contributed by atoms with E-state index in [-0.39, 0.29) is 11.9 Å². The Morgan fingerprint density at radius 2 is 1.67 bits per heavy atom. The van der Waals surface area contributed by atoms with E-state index in [2.05, 4.69) is 22.3 Å². The maximum Gasteiger partial charge on any atom is 0.323 e. The molecule has 0 bridgehead atoms. The lowest BCUT2D eigenvalue weighted by molar-refractivity contribution is -0.152. The van der Waals surface area contributed by atoms with Crippen molar-refractivity contribution in [3.63, 3.8) is 0 Å². The molecule has 5 rings (SSSR count). The van der Waals surface area contributed by atoms with Gasteiger partial charge in [0.25, 0.3) is 0 Å². The highest BCUT2D eigenvalue weighted by Crippen LogP contribution is 2.41. The lowest BCUT2D eigenvalue weighted by Gasteiger charge is -2.48. The van der Waals surface area contributed by atoms with Crippen molar-refractivity contribution in [3.05, 3.63) is 95.0 Å². The first kappa shape index (κ1) is 30.1. The number of likely N-dealkylation sites (tertiary alicyclic amines) is 1. The minimum absolute atomic E-state index is 0.0981. The van der Waals surface area contributed by atoms with Gasteiger partial charge in [-0.05, 0) is 88.0 Å². The number of halogens is 1. The number of hydrogen-bond donors (Lipinski definition) is 2. The number of para-hydroxylation sites is 1. The third-order valence-electron chi connectivity index (χ3n) is 8.99. The maximum absolute atomic E-state index is 15.0. The summed E-state index contributed by atoms with van der Waals surface area (Å²) < 4.78 is 6.11. The van der Waals surface area contributed by atoms with Gasteiger partial charge in [-0.15, -0.1) is 0 Å². The Kier molecular flexibility index (Phi) is 9.21. The van der Waals surface area contributed by atoms with E-state index in [9.17, 15) is 14.7 Å². The molecule has 8 heteroatoms. The molecule has 0 radical (unpaired) electrons. The summed E-state index contributed by atoms with van der Waals surface area (Å²) in [6.07, 6.45) is 2.88. The van der Waals surface area contributed by atoms with Crippen molar-refractivity contribution in [1.82, 2.24) is 15.1 Å². The van der Waals surface area contributed by atoms with Crippen molar-refractivity contribution < 1.29 is 19.4 Å². The van der Waals surface area contributed by atoms with Gasteiger partial charge in [-0.25, -0.2) is 0 Å². The number of carboxylic acids is 1. The topological polar surface area (TPSA) is 82.1 Å². The second-order valence-corrected chi connectivity index (χ2v) is 12.3. The van der Waals surface area contributed by atoms with Gasteiger partial charge in [-0.1, -0.05) is 66.2 Å². The Hall–Kier alpha value is -3.39. The third-order valence-corrected chi connectivity index (χ3v) is 9.31. The number of piperidine rings is 2. The fourth-order valence-electron chi connectivity index (χ4n) is 6.28. The lowest BCUT2D eigenvalue weighted by atomic mass is 9.70. The Morgan fingerprint density at radius 1 is 1.00 bits per heavy atom. The molecule has 222 valence electrons. The van der Waals surface area contributed by atoms with Crippen LogP contribution in [-0.2, 0) is 21.5 Å². The van der Waals surface area contributed by atoms with Crippen molar-refractivity contribution in [3.8, 4) is 11.5 Å². The maximum atomic E-state index is 15.0. The van der Waals surface area contributed by atoms with Crippen LogP contribution in [0.5, 0.6) is 11.5 Å². The van der Waals surface area contributed by atoms with Crippen molar-refractivity contribution in [2.24, 2.45) is 0 Å². The molecule has 2 aliphatic rings. The zero-order valence-electron chi connectivity index (χ0n) is 24.4. The standard InChI is InChI=1S/C34H40ClN3O4/c1-33(2,32(40)41)37-21-17-34(18-22-37,26-10-4-3-5-11-26)31(39)38(27-15-19-36-20-16-27)24-25-9-8-12-28(23-25)42-30-14-7-6-13-29(30)35/h3-14,23,27,36H,15-22,24H2,1-2H3,(H,40,41). The van der Waals surface area contributed by atoms with Crippen LogP contribution in [-0.4, -0.2) is 64.5 Å². The molecule has 2 heterocycles. The average molecular weight is 590 g/mol. The minimum Gasteiger partial charge on any atom is -0.480 e. The zero-order chi connectivity index (χ0) is 29.7. The summed E-state index contributed by atoms with van der Waals surface area (Å²) >= 11 is 6.34. The number of amides is 1. The van der Waals surface area contributed by atoms with E-state index in [4.69, 9.17) is 16.3 Å². The number of rotatable bonds is 9. The molecule has 7 nitrogen and oxygen atoms in total. The largest absolute Gasteiger partial charge is 0.480 e. The second-order valence-electron chi connectivity index (χ2n) is 11.9. The van der Waals surface area contributed by atoms with Crippen molar-refractivity contribution in [2.75, 3.05) is 26.2 Å². The van der Waals surface area contributed by atoms with Gasteiger partial charge in [-0.2, -0.15) is 0 Å². The smallest absolute Gasteiger partial charge is 0.323 e. The van der Waals surface area contributed by atoms with Crippen LogP contribution in [0.2, 0.25) is 5.02 Å². The van der Waals surface area contributed by atoms with Crippen molar-refractivity contribution >= 4 is 23.5 Å². The normalized spacial score (nSPS) is 17.9. The average Bonchev–Trinajstić information content (AvgIpc) is 3.01. The monoisotopic (exact) mass is 589 g/mol. The molecule has 0 aromatic heterocycles. The number of carboxylic acid groups (broad SMARTS) is 1. The SMILES string of the molecule is CC(C)(C(=O)O)N1CCC(C(=O)N(Cc2cccc(Oc3ccccc3Cl)c2)C2CCNCC2)(c2ccccc2)CC1. The predicted molar refractivity (Wildman–Crippen MR) is 165 cm³/mol. The molecule has 3 aromatic rings. The molecule has 0 spiro atoms. The van der Waals surface area contributed by atoms with Gasteiger partial charge in [0.1, 0.15) is 17.0 Å². The van der Waals surface area contributed by atoms with E-state index in [1.165, 1.54) is 0 Å². The highest BCUT2D eigenvalue weighted by molar-refractivity contribution is 6.32. The van der Waals surface area contributed by atoms with E-state index in [0.29, 0.717) is 49.0 Å². The molecule has 42 heavy (non-hydrogen) atoms. The molecule has 1 amide bonds. The van der Waals surface area contributed by atoms with Gasteiger partial charge < -0.3 is 20.1 Å². The molecular formula is C34H40ClN3O4. The number of benzene rings is 3. The molecule has 2 aliphatic heterocycles. The van der Waals surface area contributed by atoms with Gasteiger partial charge in [0, 0.05) is 25.7 Å². The van der Waals surface area contributed by atoms with Crippen LogP contribution in [0.3, 0.4) is 0 Å². The summed E-state index contributed by atoms with van der Waals surface area (Å²) in [7, 11) is 0. The second kappa shape index (κ2) is 12.9. The molecule has 0 aliphatic carbocycles. The predicted octanol–water partition coefficient (Wildman–Crippen LogP) is 6.11. The summed E-state index contributed by atoms with van der Waals surface area (Å²) in [5, 5.41) is 13.8. The van der Waals surface area contributed by atoms with Crippen LogP contribution >= 0.6 is 11.6 Å². The summed E-state index contributed by atoms with van der Waals surface area (Å²) in [6.45, 7) is 6.73. The lowest BCUT2D eigenvalue weighted by Crippen LogP contribution is -2.60. The summed E-state index contributed by atoms with van der Waals surface area (Å²) in [6, 6.07) is 25.4. The molecular weight excluding hydrogens is 550 g/mol. The zero-order valence-corrected chi connectivity index (χ0v) is 25.1. The Morgan fingerprint density at radius 3 is 2.33 bits per heavy atom. The molecule has 2 fully saturated rings. The van der Waals surface area contributed by atoms with Crippen molar-refractivity contribution in [1.29, 1.82) is 0 Å². The number of carbonyl (C=O) groups is 2. The number of aliphatic carboxylic acids is 1. The van der Waals surface area contributed by atoms with Crippen LogP contribution in [0, 0.1) is 0 Å². The minimum atomic E-state index is -0.997.